The Morgan fingerprint density at radius 1 is 1.00 bits per heavy atom. The lowest BCUT2D eigenvalue weighted by molar-refractivity contribution is -0.137. The van der Waals surface area contributed by atoms with Gasteiger partial charge in [-0.1, -0.05) is 12.1 Å². The summed E-state index contributed by atoms with van der Waals surface area (Å²) in [5, 5.41) is 9.08. The van der Waals surface area contributed by atoms with Crippen molar-refractivity contribution in [2.75, 3.05) is 0 Å². The first-order chi connectivity index (χ1) is 11.8. The van der Waals surface area contributed by atoms with Crippen molar-refractivity contribution in [2.24, 2.45) is 0 Å². The van der Waals surface area contributed by atoms with Crippen molar-refractivity contribution in [2.45, 2.75) is 13.1 Å². The van der Waals surface area contributed by atoms with Crippen LogP contribution in [0.3, 0.4) is 0 Å². The topological polar surface area (TPSA) is 42.2 Å². The minimum absolute atomic E-state index is 0.242. The van der Waals surface area contributed by atoms with E-state index in [1.165, 1.54) is 12.1 Å². The maximum Gasteiger partial charge on any atom is 0.416 e. The van der Waals surface area contributed by atoms with E-state index in [4.69, 9.17) is 5.11 Å². The van der Waals surface area contributed by atoms with Crippen LogP contribution in [0.2, 0.25) is 0 Å². The van der Waals surface area contributed by atoms with Crippen LogP contribution in [0.4, 0.5) is 13.2 Å². The van der Waals surface area contributed by atoms with Gasteiger partial charge in [0.15, 0.2) is 0 Å². The number of hydrogen-bond acceptors (Lipinski definition) is 1. The fourth-order valence-corrected chi connectivity index (χ4v) is 2.63. The third-order valence-electron chi connectivity index (χ3n) is 3.98. The molecule has 0 aliphatic heterocycles. The Balaban J connectivity index is 1.90. The summed E-state index contributed by atoms with van der Waals surface area (Å²) in [5.41, 5.74) is 2.49. The number of carboxylic acid groups (broad SMARTS) is 1. The first-order valence-electron chi connectivity index (χ1n) is 7.45. The highest BCUT2D eigenvalue weighted by atomic mass is 19.4. The Kier molecular flexibility index (Phi) is 4.12. The number of aromatic carboxylic acids is 1. The maximum absolute atomic E-state index is 12.6. The Morgan fingerprint density at radius 3 is 2.24 bits per heavy atom. The van der Waals surface area contributed by atoms with Crippen molar-refractivity contribution in [1.29, 1.82) is 0 Å². The normalized spacial score (nSPS) is 11.5. The standard InChI is InChI=1S/C19H14F3NO2/c1-12-10-13(2-7-17(12)18(24)25)14-8-9-23(11-14)16-5-3-15(4-6-16)19(20,21)22/h2-11H,1H3,(H,24,25). The van der Waals surface area contributed by atoms with E-state index < -0.39 is 17.7 Å². The summed E-state index contributed by atoms with van der Waals surface area (Å²) >= 11 is 0. The number of alkyl halides is 3. The molecule has 1 aromatic heterocycles. The lowest BCUT2D eigenvalue weighted by Gasteiger charge is -2.08. The molecule has 0 saturated heterocycles. The Labute approximate surface area is 142 Å². The SMILES string of the molecule is Cc1cc(-c2ccn(-c3ccc(C(F)(F)F)cc3)c2)ccc1C(=O)O. The minimum atomic E-state index is -4.36. The number of carbonyl (C=O) groups is 1. The molecule has 3 aromatic rings. The van der Waals surface area contributed by atoms with Gasteiger partial charge in [0, 0.05) is 18.1 Å². The molecule has 3 rings (SSSR count). The van der Waals surface area contributed by atoms with Crippen molar-refractivity contribution in [1.82, 2.24) is 4.57 Å². The number of hydrogen-bond donors (Lipinski definition) is 1. The first-order valence-corrected chi connectivity index (χ1v) is 7.45. The summed E-state index contributed by atoms with van der Waals surface area (Å²) < 4.78 is 39.6. The zero-order chi connectivity index (χ0) is 18.2. The summed E-state index contributed by atoms with van der Waals surface area (Å²) in [6.07, 6.45) is -0.819. The van der Waals surface area contributed by atoms with Crippen LogP contribution < -0.4 is 0 Å². The molecule has 3 nitrogen and oxygen atoms in total. The van der Waals surface area contributed by atoms with E-state index in [2.05, 4.69) is 0 Å². The van der Waals surface area contributed by atoms with Crippen LogP contribution in [0.15, 0.2) is 60.9 Å². The number of halogens is 3. The van der Waals surface area contributed by atoms with Crippen molar-refractivity contribution in [3.63, 3.8) is 0 Å². The Bertz CT molecular complexity index is 925. The largest absolute Gasteiger partial charge is 0.478 e. The number of aryl methyl sites for hydroxylation is 1. The number of benzene rings is 2. The fraction of sp³-hybridized carbons (Fsp3) is 0.105. The van der Waals surface area contributed by atoms with Gasteiger partial charge in [-0.15, -0.1) is 0 Å². The molecule has 0 atom stereocenters. The van der Waals surface area contributed by atoms with Crippen molar-refractivity contribution in [3.05, 3.63) is 77.6 Å². The number of nitrogens with zero attached hydrogens (tertiary/aromatic N) is 1. The molecular formula is C19H14F3NO2. The Morgan fingerprint density at radius 2 is 1.68 bits per heavy atom. The zero-order valence-electron chi connectivity index (χ0n) is 13.2. The lowest BCUT2D eigenvalue weighted by Crippen LogP contribution is -2.04. The van der Waals surface area contributed by atoms with Gasteiger partial charge in [-0.3, -0.25) is 0 Å². The van der Waals surface area contributed by atoms with Gasteiger partial charge in [0.25, 0.3) is 0 Å². The van der Waals surface area contributed by atoms with Gasteiger partial charge in [0.1, 0.15) is 0 Å². The van der Waals surface area contributed by atoms with E-state index in [0.717, 1.165) is 23.3 Å². The van der Waals surface area contributed by atoms with E-state index in [0.29, 0.717) is 11.3 Å². The number of carboxylic acids is 1. The highest BCUT2D eigenvalue weighted by molar-refractivity contribution is 5.90. The van der Waals surface area contributed by atoms with E-state index in [1.807, 2.05) is 6.07 Å². The molecule has 0 aliphatic carbocycles. The van der Waals surface area contributed by atoms with Gasteiger partial charge in [0.05, 0.1) is 11.1 Å². The van der Waals surface area contributed by atoms with E-state index >= 15 is 0 Å². The average Bonchev–Trinajstić information content (AvgIpc) is 3.03. The van der Waals surface area contributed by atoms with Crippen LogP contribution in [-0.4, -0.2) is 15.6 Å². The van der Waals surface area contributed by atoms with Gasteiger partial charge < -0.3 is 9.67 Å². The molecule has 0 bridgehead atoms. The van der Waals surface area contributed by atoms with E-state index in [-0.39, 0.29) is 5.56 Å². The fourth-order valence-electron chi connectivity index (χ4n) is 2.63. The number of aromatic nitrogens is 1. The molecule has 0 aliphatic rings. The minimum Gasteiger partial charge on any atom is -0.478 e. The molecule has 0 unspecified atom stereocenters. The molecule has 0 amide bonds. The van der Waals surface area contributed by atoms with Gasteiger partial charge in [0.2, 0.25) is 0 Å². The molecular weight excluding hydrogens is 331 g/mol. The molecule has 1 N–H and O–H groups in total. The third-order valence-corrected chi connectivity index (χ3v) is 3.98. The molecule has 0 spiro atoms. The molecule has 6 heteroatoms. The van der Waals surface area contributed by atoms with Crippen molar-refractivity contribution in [3.8, 4) is 16.8 Å². The average molecular weight is 345 g/mol. The zero-order valence-corrected chi connectivity index (χ0v) is 13.2. The second-order valence-corrected chi connectivity index (χ2v) is 5.69. The molecule has 128 valence electrons. The second kappa shape index (κ2) is 6.12. The summed E-state index contributed by atoms with van der Waals surface area (Å²) in [5.74, 6) is -0.980. The molecule has 2 aromatic carbocycles. The van der Waals surface area contributed by atoms with Crippen LogP contribution in [0.1, 0.15) is 21.5 Å². The lowest BCUT2D eigenvalue weighted by atomic mass is 10.0. The van der Waals surface area contributed by atoms with Crippen LogP contribution in [0.25, 0.3) is 16.8 Å². The molecule has 0 saturated carbocycles. The summed E-state index contributed by atoms with van der Waals surface area (Å²) in [7, 11) is 0. The van der Waals surface area contributed by atoms with Gasteiger partial charge >= 0.3 is 12.1 Å². The molecule has 1 heterocycles. The first kappa shape index (κ1) is 16.8. The van der Waals surface area contributed by atoms with E-state index in [9.17, 15) is 18.0 Å². The predicted octanol–water partition coefficient (Wildman–Crippen LogP) is 5.17. The quantitative estimate of drug-likeness (QED) is 0.711. The van der Waals surface area contributed by atoms with Gasteiger partial charge in [-0.05, 0) is 60.0 Å². The monoisotopic (exact) mass is 345 g/mol. The summed E-state index contributed by atoms with van der Waals surface area (Å²) in [4.78, 5) is 11.1. The van der Waals surface area contributed by atoms with Crippen LogP contribution in [-0.2, 0) is 6.18 Å². The smallest absolute Gasteiger partial charge is 0.416 e. The summed E-state index contributed by atoms with van der Waals surface area (Å²) in [6, 6.07) is 11.8. The third kappa shape index (κ3) is 3.42. The van der Waals surface area contributed by atoms with Crippen LogP contribution >= 0.6 is 0 Å². The van der Waals surface area contributed by atoms with Crippen LogP contribution in [0, 0.1) is 6.92 Å². The molecule has 25 heavy (non-hydrogen) atoms. The van der Waals surface area contributed by atoms with E-state index in [1.54, 1.807) is 42.1 Å². The van der Waals surface area contributed by atoms with Crippen molar-refractivity contribution < 1.29 is 23.1 Å². The molecule has 0 radical (unpaired) electrons. The molecule has 0 fully saturated rings. The van der Waals surface area contributed by atoms with Gasteiger partial charge in [-0.25, -0.2) is 4.79 Å². The van der Waals surface area contributed by atoms with Gasteiger partial charge in [-0.2, -0.15) is 13.2 Å². The highest BCUT2D eigenvalue weighted by Gasteiger charge is 2.29. The number of rotatable bonds is 3. The maximum atomic E-state index is 12.6. The predicted molar refractivity (Wildman–Crippen MR) is 87.9 cm³/mol. The summed E-state index contributed by atoms with van der Waals surface area (Å²) in [6.45, 7) is 1.72. The Hall–Kier alpha value is -3.02. The highest BCUT2D eigenvalue weighted by Crippen LogP contribution is 2.30. The second-order valence-electron chi connectivity index (χ2n) is 5.69. The van der Waals surface area contributed by atoms with Crippen molar-refractivity contribution >= 4 is 5.97 Å². The van der Waals surface area contributed by atoms with Crippen LogP contribution in [0.5, 0.6) is 0 Å².